The predicted molar refractivity (Wildman–Crippen MR) is 83.2 cm³/mol. The minimum atomic E-state index is -3.49. The van der Waals surface area contributed by atoms with Crippen LogP contribution in [-0.4, -0.2) is 21.4 Å². The molecule has 1 aromatic carbocycles. The number of carbonyl (C=O) groups is 1. The van der Waals surface area contributed by atoms with Crippen LogP contribution in [-0.2, 0) is 16.6 Å². The van der Waals surface area contributed by atoms with Crippen molar-refractivity contribution in [3.8, 4) is 0 Å². The SMILES string of the molecule is CNS(=O)(=O)c1cccc(CNC(=O)c2ccc(Cl)s2)c1. The van der Waals surface area contributed by atoms with Crippen molar-refractivity contribution in [3.05, 3.63) is 51.2 Å². The molecule has 0 aliphatic rings. The molecule has 2 rings (SSSR count). The number of amides is 1. The first-order valence-corrected chi connectivity index (χ1v) is 8.66. The van der Waals surface area contributed by atoms with Crippen LogP contribution < -0.4 is 10.0 Å². The van der Waals surface area contributed by atoms with Gasteiger partial charge in [-0.05, 0) is 36.9 Å². The van der Waals surface area contributed by atoms with Crippen molar-refractivity contribution in [2.45, 2.75) is 11.4 Å². The molecular weight excluding hydrogens is 332 g/mol. The van der Waals surface area contributed by atoms with Gasteiger partial charge in [-0.3, -0.25) is 4.79 Å². The molecule has 5 nitrogen and oxygen atoms in total. The van der Waals surface area contributed by atoms with E-state index < -0.39 is 10.0 Å². The summed E-state index contributed by atoms with van der Waals surface area (Å²) in [5.41, 5.74) is 0.697. The van der Waals surface area contributed by atoms with Gasteiger partial charge in [-0.15, -0.1) is 11.3 Å². The molecule has 0 spiro atoms. The summed E-state index contributed by atoms with van der Waals surface area (Å²) >= 11 is 6.96. The fourth-order valence-electron chi connectivity index (χ4n) is 1.65. The second-order valence-corrected chi connectivity index (χ2v) is 7.74. The van der Waals surface area contributed by atoms with Crippen molar-refractivity contribution in [1.82, 2.24) is 10.0 Å². The largest absolute Gasteiger partial charge is 0.347 e. The number of nitrogens with one attached hydrogen (secondary N) is 2. The highest BCUT2D eigenvalue weighted by Gasteiger charge is 2.12. The molecule has 1 heterocycles. The molecule has 0 aliphatic carbocycles. The van der Waals surface area contributed by atoms with Crippen LogP contribution in [0.25, 0.3) is 0 Å². The van der Waals surface area contributed by atoms with Crippen molar-refractivity contribution in [1.29, 1.82) is 0 Å². The summed E-state index contributed by atoms with van der Waals surface area (Å²) in [5, 5.41) is 2.72. The first-order chi connectivity index (χ1) is 9.92. The molecule has 8 heteroatoms. The molecule has 0 atom stereocenters. The van der Waals surface area contributed by atoms with E-state index in [1.54, 1.807) is 24.3 Å². The van der Waals surface area contributed by atoms with E-state index in [9.17, 15) is 13.2 Å². The second kappa shape index (κ2) is 6.57. The van der Waals surface area contributed by atoms with E-state index >= 15 is 0 Å². The molecule has 2 N–H and O–H groups in total. The highest BCUT2D eigenvalue weighted by Crippen LogP contribution is 2.21. The Morgan fingerprint density at radius 1 is 1.29 bits per heavy atom. The van der Waals surface area contributed by atoms with Crippen LogP contribution in [0.1, 0.15) is 15.2 Å². The van der Waals surface area contributed by atoms with Crippen LogP contribution in [0.15, 0.2) is 41.3 Å². The van der Waals surface area contributed by atoms with Crippen LogP contribution in [0.3, 0.4) is 0 Å². The molecule has 0 fully saturated rings. The molecule has 0 radical (unpaired) electrons. The van der Waals surface area contributed by atoms with Crippen LogP contribution >= 0.6 is 22.9 Å². The van der Waals surface area contributed by atoms with Gasteiger partial charge >= 0.3 is 0 Å². The highest BCUT2D eigenvalue weighted by molar-refractivity contribution is 7.89. The van der Waals surface area contributed by atoms with Gasteiger partial charge in [0.05, 0.1) is 14.1 Å². The average Bonchev–Trinajstić information content (AvgIpc) is 2.92. The average molecular weight is 345 g/mol. The van der Waals surface area contributed by atoms with Crippen LogP contribution in [0.4, 0.5) is 0 Å². The molecule has 1 amide bonds. The van der Waals surface area contributed by atoms with Crippen LogP contribution in [0.5, 0.6) is 0 Å². The second-order valence-electron chi connectivity index (χ2n) is 4.14. The lowest BCUT2D eigenvalue weighted by atomic mass is 10.2. The number of halogens is 1. The van der Waals surface area contributed by atoms with Gasteiger partial charge in [0.15, 0.2) is 0 Å². The fraction of sp³-hybridized carbons (Fsp3) is 0.154. The fourth-order valence-corrected chi connectivity index (χ4v) is 3.41. The van der Waals surface area contributed by atoms with Gasteiger partial charge in [0, 0.05) is 6.54 Å². The highest BCUT2D eigenvalue weighted by atomic mass is 35.5. The minimum absolute atomic E-state index is 0.163. The molecule has 1 aromatic heterocycles. The zero-order chi connectivity index (χ0) is 15.5. The van der Waals surface area contributed by atoms with Crippen LogP contribution in [0.2, 0.25) is 4.34 Å². The number of rotatable bonds is 5. The van der Waals surface area contributed by atoms with Crippen molar-refractivity contribution in [3.63, 3.8) is 0 Å². The quantitative estimate of drug-likeness (QED) is 0.873. The number of benzene rings is 1. The zero-order valence-electron chi connectivity index (χ0n) is 11.1. The summed E-state index contributed by atoms with van der Waals surface area (Å²) in [4.78, 5) is 12.6. The Kier molecular flexibility index (Phi) is 5.00. The summed E-state index contributed by atoms with van der Waals surface area (Å²) in [6.45, 7) is 0.238. The topological polar surface area (TPSA) is 75.3 Å². The van der Waals surface area contributed by atoms with E-state index in [0.717, 1.165) is 0 Å². The molecule has 21 heavy (non-hydrogen) atoms. The Bertz CT molecular complexity index is 756. The number of carbonyl (C=O) groups excluding carboxylic acids is 1. The summed E-state index contributed by atoms with van der Waals surface area (Å²) in [7, 11) is -2.13. The molecule has 0 saturated heterocycles. The summed E-state index contributed by atoms with van der Waals surface area (Å²) < 4.78 is 26.2. The maximum atomic E-state index is 11.9. The Morgan fingerprint density at radius 2 is 2.05 bits per heavy atom. The third-order valence-electron chi connectivity index (χ3n) is 2.73. The molecule has 2 aromatic rings. The van der Waals surface area contributed by atoms with Crippen molar-refractivity contribution < 1.29 is 13.2 Å². The van der Waals surface area contributed by atoms with Gasteiger partial charge in [0.1, 0.15) is 0 Å². The molecule has 0 bridgehead atoms. The normalized spacial score (nSPS) is 11.3. The summed E-state index contributed by atoms with van der Waals surface area (Å²) in [6, 6.07) is 9.69. The monoisotopic (exact) mass is 344 g/mol. The number of hydrogen-bond donors (Lipinski definition) is 2. The Labute approximate surface area is 132 Å². The third kappa shape index (κ3) is 4.04. The molecule has 112 valence electrons. The van der Waals surface area contributed by atoms with E-state index in [-0.39, 0.29) is 17.3 Å². The van der Waals surface area contributed by atoms with E-state index in [1.807, 2.05) is 0 Å². The van der Waals surface area contributed by atoms with Gasteiger partial charge in [0.25, 0.3) is 5.91 Å². The van der Waals surface area contributed by atoms with Crippen molar-refractivity contribution in [2.75, 3.05) is 7.05 Å². The first-order valence-electron chi connectivity index (χ1n) is 5.98. The van der Waals surface area contributed by atoms with Crippen molar-refractivity contribution >= 4 is 38.9 Å². The van der Waals surface area contributed by atoms with E-state index in [2.05, 4.69) is 10.0 Å². The van der Waals surface area contributed by atoms with E-state index in [0.29, 0.717) is 14.8 Å². The van der Waals surface area contributed by atoms with Crippen molar-refractivity contribution in [2.24, 2.45) is 0 Å². The van der Waals surface area contributed by atoms with E-state index in [1.165, 1.54) is 30.5 Å². The Morgan fingerprint density at radius 3 is 2.67 bits per heavy atom. The molecule has 0 saturated carbocycles. The van der Waals surface area contributed by atoms with Gasteiger partial charge < -0.3 is 5.32 Å². The Balaban J connectivity index is 2.07. The predicted octanol–water partition coefficient (Wildman–Crippen LogP) is 2.24. The molecule has 0 unspecified atom stereocenters. The lowest BCUT2D eigenvalue weighted by molar-refractivity contribution is 0.0955. The smallest absolute Gasteiger partial charge is 0.261 e. The first kappa shape index (κ1) is 16.0. The van der Waals surface area contributed by atoms with Gasteiger partial charge in [-0.25, -0.2) is 13.1 Å². The summed E-state index contributed by atoms with van der Waals surface area (Å²) in [6.07, 6.45) is 0. The maximum absolute atomic E-state index is 11.9. The Hall–Kier alpha value is -1.41. The molecule has 0 aliphatic heterocycles. The third-order valence-corrected chi connectivity index (χ3v) is 5.37. The molecular formula is C13H13ClN2O3S2. The van der Waals surface area contributed by atoms with E-state index in [4.69, 9.17) is 11.6 Å². The lowest BCUT2D eigenvalue weighted by Crippen LogP contribution is -2.22. The zero-order valence-corrected chi connectivity index (χ0v) is 13.5. The van der Waals surface area contributed by atoms with Gasteiger partial charge in [-0.2, -0.15) is 0 Å². The summed E-state index contributed by atoms with van der Waals surface area (Å²) in [5.74, 6) is -0.242. The minimum Gasteiger partial charge on any atom is -0.347 e. The van der Waals surface area contributed by atoms with Gasteiger partial charge in [0.2, 0.25) is 10.0 Å². The lowest BCUT2D eigenvalue weighted by Gasteiger charge is -2.07. The van der Waals surface area contributed by atoms with Crippen LogP contribution in [0, 0.1) is 0 Å². The maximum Gasteiger partial charge on any atom is 0.261 e. The number of thiophene rings is 1. The van der Waals surface area contributed by atoms with Gasteiger partial charge in [-0.1, -0.05) is 23.7 Å². The number of hydrogen-bond acceptors (Lipinski definition) is 4. The standard InChI is InChI=1S/C13H13ClN2O3S2/c1-15-21(18,19)10-4-2-3-9(7-10)8-16-13(17)11-5-6-12(14)20-11/h2-7,15H,8H2,1H3,(H,16,17). The number of sulfonamides is 1.